The van der Waals surface area contributed by atoms with Crippen molar-refractivity contribution in [3.63, 3.8) is 0 Å². The summed E-state index contributed by atoms with van der Waals surface area (Å²) in [7, 11) is 0. The summed E-state index contributed by atoms with van der Waals surface area (Å²) in [4.78, 5) is 11.3. The lowest BCUT2D eigenvalue weighted by molar-refractivity contribution is -0.142. The van der Waals surface area contributed by atoms with Crippen LogP contribution in [0.1, 0.15) is 23.6 Å². The molecule has 16 heavy (non-hydrogen) atoms. The van der Waals surface area contributed by atoms with E-state index in [1.54, 1.807) is 19.1 Å². The summed E-state index contributed by atoms with van der Waals surface area (Å²) in [5.74, 6) is -0.348. The van der Waals surface area contributed by atoms with Gasteiger partial charge in [-0.25, -0.2) is 0 Å². The molecule has 1 aromatic carbocycles. The smallest absolute Gasteiger partial charge is 0.310 e. The summed E-state index contributed by atoms with van der Waals surface area (Å²) < 4.78 is 4.82. The van der Waals surface area contributed by atoms with Crippen molar-refractivity contribution in [2.24, 2.45) is 0 Å². The van der Waals surface area contributed by atoms with Crippen LogP contribution in [0.15, 0.2) is 12.1 Å². The van der Waals surface area contributed by atoms with Crippen molar-refractivity contribution in [1.29, 1.82) is 5.26 Å². The Kier molecular flexibility index (Phi) is 4.33. The summed E-state index contributed by atoms with van der Waals surface area (Å²) in [6.07, 6.45) is 0.0801. The molecular formula is C12H12ClNO2. The molecule has 0 amide bonds. The number of aryl methyl sites for hydroxylation is 1. The highest BCUT2D eigenvalue weighted by Gasteiger charge is 2.11. The number of ether oxygens (including phenoxy) is 1. The van der Waals surface area contributed by atoms with Gasteiger partial charge >= 0.3 is 5.97 Å². The molecule has 4 heteroatoms. The van der Waals surface area contributed by atoms with Crippen LogP contribution >= 0.6 is 11.6 Å². The second-order valence-electron chi connectivity index (χ2n) is 3.35. The lowest BCUT2D eigenvalue weighted by Crippen LogP contribution is -2.08. The van der Waals surface area contributed by atoms with Gasteiger partial charge in [-0.3, -0.25) is 4.79 Å². The second kappa shape index (κ2) is 5.53. The number of rotatable bonds is 3. The first-order valence-electron chi connectivity index (χ1n) is 4.93. The zero-order chi connectivity index (χ0) is 12.1. The Morgan fingerprint density at radius 1 is 1.56 bits per heavy atom. The minimum Gasteiger partial charge on any atom is -0.466 e. The maximum Gasteiger partial charge on any atom is 0.310 e. The van der Waals surface area contributed by atoms with Crippen LogP contribution < -0.4 is 0 Å². The van der Waals surface area contributed by atoms with Gasteiger partial charge in [-0.15, -0.1) is 0 Å². The van der Waals surface area contributed by atoms with Crippen LogP contribution in [0.3, 0.4) is 0 Å². The van der Waals surface area contributed by atoms with E-state index in [0.717, 1.165) is 5.56 Å². The van der Waals surface area contributed by atoms with Gasteiger partial charge in [0, 0.05) is 5.02 Å². The highest BCUT2D eigenvalue weighted by atomic mass is 35.5. The SMILES string of the molecule is CCOC(=O)Cc1cc(Cl)c(C)cc1C#N. The zero-order valence-electron chi connectivity index (χ0n) is 9.21. The average molecular weight is 238 g/mol. The van der Waals surface area contributed by atoms with E-state index in [2.05, 4.69) is 0 Å². The first kappa shape index (κ1) is 12.5. The average Bonchev–Trinajstić information content (AvgIpc) is 2.23. The van der Waals surface area contributed by atoms with Crippen LogP contribution in [-0.4, -0.2) is 12.6 Å². The van der Waals surface area contributed by atoms with Crippen LogP contribution in [0.25, 0.3) is 0 Å². The summed E-state index contributed by atoms with van der Waals surface area (Å²) >= 11 is 5.94. The Hall–Kier alpha value is -1.53. The standard InChI is InChI=1S/C12H12ClNO2/c1-3-16-12(15)6-9-5-11(13)8(2)4-10(9)7-14/h4-5H,3,6H2,1-2H3. The van der Waals surface area contributed by atoms with E-state index in [-0.39, 0.29) is 12.4 Å². The number of benzene rings is 1. The van der Waals surface area contributed by atoms with Crippen LogP contribution in [-0.2, 0) is 16.0 Å². The third kappa shape index (κ3) is 2.98. The van der Waals surface area contributed by atoms with Gasteiger partial charge in [-0.05, 0) is 37.1 Å². The van der Waals surface area contributed by atoms with Gasteiger partial charge in [0.1, 0.15) is 0 Å². The summed E-state index contributed by atoms with van der Waals surface area (Å²) in [5, 5.41) is 9.49. The van der Waals surface area contributed by atoms with Crippen molar-refractivity contribution >= 4 is 17.6 Å². The van der Waals surface area contributed by atoms with E-state index in [9.17, 15) is 4.79 Å². The molecular weight excluding hydrogens is 226 g/mol. The molecule has 0 aromatic heterocycles. The van der Waals surface area contributed by atoms with E-state index < -0.39 is 0 Å². The molecule has 0 aliphatic rings. The molecule has 0 spiro atoms. The lowest BCUT2D eigenvalue weighted by atomic mass is 10.0. The molecule has 3 nitrogen and oxygen atoms in total. The van der Waals surface area contributed by atoms with Crippen molar-refractivity contribution in [2.75, 3.05) is 6.61 Å². The van der Waals surface area contributed by atoms with Crippen LogP contribution in [0.2, 0.25) is 5.02 Å². The number of nitriles is 1. The Bertz CT molecular complexity index is 449. The molecule has 0 saturated heterocycles. The fourth-order valence-electron chi connectivity index (χ4n) is 1.34. The van der Waals surface area contributed by atoms with Crippen molar-refractivity contribution < 1.29 is 9.53 Å². The molecule has 0 saturated carbocycles. The topological polar surface area (TPSA) is 50.1 Å². The molecule has 1 rings (SSSR count). The van der Waals surface area contributed by atoms with E-state index in [4.69, 9.17) is 21.6 Å². The fraction of sp³-hybridized carbons (Fsp3) is 0.333. The summed E-state index contributed by atoms with van der Waals surface area (Å²) in [6.45, 7) is 3.89. The monoisotopic (exact) mass is 237 g/mol. The molecule has 1 aromatic rings. The molecule has 0 aliphatic heterocycles. The highest BCUT2D eigenvalue weighted by molar-refractivity contribution is 6.31. The Morgan fingerprint density at radius 2 is 2.25 bits per heavy atom. The van der Waals surface area contributed by atoms with E-state index in [0.29, 0.717) is 22.8 Å². The number of esters is 1. The molecule has 0 fully saturated rings. The first-order valence-corrected chi connectivity index (χ1v) is 5.31. The molecule has 0 bridgehead atoms. The normalized spacial score (nSPS) is 9.62. The lowest BCUT2D eigenvalue weighted by Gasteiger charge is -2.06. The predicted octanol–water partition coefficient (Wildman–Crippen LogP) is 2.63. The van der Waals surface area contributed by atoms with Crippen molar-refractivity contribution in [3.8, 4) is 6.07 Å². The van der Waals surface area contributed by atoms with E-state index in [1.807, 2.05) is 13.0 Å². The molecule has 0 aliphatic carbocycles. The Morgan fingerprint density at radius 3 is 2.81 bits per heavy atom. The fourth-order valence-corrected chi connectivity index (χ4v) is 1.53. The first-order chi connectivity index (χ1) is 7.58. The van der Waals surface area contributed by atoms with E-state index in [1.165, 1.54) is 0 Å². The molecule has 0 N–H and O–H groups in total. The van der Waals surface area contributed by atoms with Crippen molar-refractivity contribution in [1.82, 2.24) is 0 Å². The van der Waals surface area contributed by atoms with Gasteiger partial charge in [0.05, 0.1) is 24.7 Å². The second-order valence-corrected chi connectivity index (χ2v) is 3.76. The number of hydrogen-bond donors (Lipinski definition) is 0. The van der Waals surface area contributed by atoms with E-state index >= 15 is 0 Å². The third-order valence-corrected chi connectivity index (χ3v) is 2.55. The minimum absolute atomic E-state index is 0.0801. The third-order valence-electron chi connectivity index (χ3n) is 2.15. The van der Waals surface area contributed by atoms with Gasteiger partial charge in [0.2, 0.25) is 0 Å². The van der Waals surface area contributed by atoms with Crippen molar-refractivity contribution in [2.45, 2.75) is 20.3 Å². The quantitative estimate of drug-likeness (QED) is 0.760. The maximum absolute atomic E-state index is 11.3. The number of halogens is 1. The number of carbonyl (C=O) groups excluding carboxylic acids is 1. The molecule has 0 radical (unpaired) electrons. The maximum atomic E-state index is 11.3. The molecule has 0 unspecified atom stereocenters. The molecule has 0 heterocycles. The van der Waals surface area contributed by atoms with Gasteiger partial charge in [0.15, 0.2) is 0 Å². The van der Waals surface area contributed by atoms with Gasteiger partial charge in [-0.1, -0.05) is 11.6 Å². The minimum atomic E-state index is -0.348. The number of carbonyl (C=O) groups is 1. The summed E-state index contributed by atoms with van der Waals surface area (Å²) in [5.41, 5.74) is 1.90. The van der Waals surface area contributed by atoms with Gasteiger partial charge in [0.25, 0.3) is 0 Å². The highest BCUT2D eigenvalue weighted by Crippen LogP contribution is 2.21. The van der Waals surface area contributed by atoms with Gasteiger partial charge < -0.3 is 4.74 Å². The summed E-state index contributed by atoms with van der Waals surface area (Å²) in [6, 6.07) is 5.37. The number of nitrogens with zero attached hydrogens (tertiary/aromatic N) is 1. The molecule has 0 atom stereocenters. The number of hydrogen-bond acceptors (Lipinski definition) is 3. The largest absolute Gasteiger partial charge is 0.466 e. The van der Waals surface area contributed by atoms with Crippen LogP contribution in [0.5, 0.6) is 0 Å². The Labute approximate surface area is 99.6 Å². The van der Waals surface area contributed by atoms with Crippen LogP contribution in [0, 0.1) is 18.3 Å². The molecule has 84 valence electrons. The Balaban J connectivity index is 3.00. The predicted molar refractivity (Wildman–Crippen MR) is 61.2 cm³/mol. The van der Waals surface area contributed by atoms with Gasteiger partial charge in [-0.2, -0.15) is 5.26 Å². The van der Waals surface area contributed by atoms with Crippen molar-refractivity contribution in [3.05, 3.63) is 33.8 Å². The van der Waals surface area contributed by atoms with Crippen LogP contribution in [0.4, 0.5) is 0 Å². The zero-order valence-corrected chi connectivity index (χ0v) is 9.97.